The Morgan fingerprint density at radius 2 is 1.97 bits per heavy atom. The van der Waals surface area contributed by atoms with Crippen molar-refractivity contribution in [3.8, 4) is 5.69 Å². The molecule has 1 aliphatic rings. The van der Waals surface area contributed by atoms with Crippen molar-refractivity contribution in [3.63, 3.8) is 0 Å². The average Bonchev–Trinajstić information content (AvgIpc) is 3.30. The van der Waals surface area contributed by atoms with Gasteiger partial charge >= 0.3 is 0 Å². The first-order valence-electron chi connectivity index (χ1n) is 10.2. The fourth-order valence-corrected chi connectivity index (χ4v) is 3.69. The van der Waals surface area contributed by atoms with Crippen LogP contribution in [0.15, 0.2) is 72.0 Å². The summed E-state index contributed by atoms with van der Waals surface area (Å²) >= 11 is 0. The number of amides is 1. The van der Waals surface area contributed by atoms with Crippen molar-refractivity contribution >= 4 is 41.5 Å². The zero-order valence-corrected chi connectivity index (χ0v) is 19.7. The quantitative estimate of drug-likeness (QED) is 0.258. The van der Waals surface area contributed by atoms with Gasteiger partial charge in [-0.2, -0.15) is 5.10 Å². The van der Waals surface area contributed by atoms with Crippen LogP contribution in [0.3, 0.4) is 0 Å². The molecule has 1 amide bonds. The van der Waals surface area contributed by atoms with Crippen LogP contribution in [0.2, 0.25) is 0 Å². The molecule has 1 aromatic heterocycles. The zero-order valence-electron chi connectivity index (χ0n) is 17.4. The zero-order chi connectivity index (χ0) is 20.8. The van der Waals surface area contributed by atoms with E-state index in [1.54, 1.807) is 6.20 Å². The van der Waals surface area contributed by atoms with E-state index in [1.807, 2.05) is 60.3 Å². The first-order chi connectivity index (χ1) is 14.7. The summed E-state index contributed by atoms with van der Waals surface area (Å²) in [6.45, 7) is 3.96. The van der Waals surface area contributed by atoms with Crippen LogP contribution >= 0.6 is 24.0 Å². The molecular formula is C23H27IN6O. The van der Waals surface area contributed by atoms with Gasteiger partial charge in [0.05, 0.1) is 12.2 Å². The molecule has 3 N–H and O–H groups in total. The van der Waals surface area contributed by atoms with E-state index in [1.165, 1.54) is 0 Å². The predicted octanol–water partition coefficient (Wildman–Crippen LogP) is 3.67. The number of aromatic nitrogens is 2. The minimum atomic E-state index is 0. The molecule has 0 saturated carbocycles. The highest BCUT2D eigenvalue weighted by atomic mass is 127. The molecule has 1 atom stereocenters. The number of carbonyl (C=O) groups excluding carboxylic acids is 1. The van der Waals surface area contributed by atoms with E-state index in [-0.39, 0.29) is 35.8 Å². The van der Waals surface area contributed by atoms with Crippen LogP contribution in [0.25, 0.3) is 5.69 Å². The molecule has 162 valence electrons. The van der Waals surface area contributed by atoms with Crippen molar-refractivity contribution in [2.24, 2.45) is 4.99 Å². The van der Waals surface area contributed by atoms with E-state index in [4.69, 9.17) is 4.99 Å². The third-order valence-corrected chi connectivity index (χ3v) is 5.12. The number of hydrogen-bond acceptors (Lipinski definition) is 3. The Morgan fingerprint density at radius 3 is 2.77 bits per heavy atom. The molecule has 0 radical (unpaired) electrons. The number of para-hydroxylation sites is 2. The SMILES string of the molecule is CCNC(=NCc1ccccc1-n1cccn1)NCC1CC(=O)Nc2ccccc21.I. The predicted molar refractivity (Wildman–Crippen MR) is 134 cm³/mol. The first-order valence-corrected chi connectivity index (χ1v) is 10.2. The number of benzene rings is 2. The Kier molecular flexibility index (Phi) is 8.05. The van der Waals surface area contributed by atoms with E-state index < -0.39 is 0 Å². The molecular weight excluding hydrogens is 503 g/mol. The van der Waals surface area contributed by atoms with E-state index in [9.17, 15) is 4.79 Å². The van der Waals surface area contributed by atoms with Crippen molar-refractivity contribution in [1.29, 1.82) is 0 Å². The van der Waals surface area contributed by atoms with Gasteiger partial charge in [0.25, 0.3) is 0 Å². The highest BCUT2D eigenvalue weighted by Gasteiger charge is 2.24. The number of guanidine groups is 1. The summed E-state index contributed by atoms with van der Waals surface area (Å²) in [4.78, 5) is 16.8. The van der Waals surface area contributed by atoms with Crippen LogP contribution < -0.4 is 16.0 Å². The Balaban J connectivity index is 0.00000272. The fourth-order valence-electron chi connectivity index (χ4n) is 3.69. The second kappa shape index (κ2) is 10.9. The summed E-state index contributed by atoms with van der Waals surface area (Å²) in [5, 5.41) is 14.0. The molecule has 0 fully saturated rings. The third-order valence-electron chi connectivity index (χ3n) is 5.12. The number of nitrogens with one attached hydrogen (secondary N) is 3. The lowest BCUT2D eigenvalue weighted by Crippen LogP contribution is -2.40. The van der Waals surface area contributed by atoms with Gasteiger partial charge in [0, 0.05) is 43.5 Å². The molecule has 1 unspecified atom stereocenters. The number of aliphatic imine (C=N–C) groups is 1. The van der Waals surface area contributed by atoms with E-state index in [2.05, 4.69) is 33.2 Å². The van der Waals surface area contributed by atoms with Gasteiger partial charge < -0.3 is 16.0 Å². The molecule has 0 bridgehead atoms. The number of hydrogen-bond donors (Lipinski definition) is 3. The smallest absolute Gasteiger partial charge is 0.225 e. The summed E-state index contributed by atoms with van der Waals surface area (Å²) in [5.74, 6) is 0.891. The minimum Gasteiger partial charge on any atom is -0.357 e. The van der Waals surface area contributed by atoms with Crippen LogP contribution in [-0.4, -0.2) is 34.7 Å². The number of fused-ring (bicyclic) bond motifs is 1. The lowest BCUT2D eigenvalue weighted by molar-refractivity contribution is -0.116. The molecule has 3 aromatic rings. The molecule has 0 spiro atoms. The molecule has 8 heteroatoms. The normalized spacial score (nSPS) is 15.5. The van der Waals surface area contributed by atoms with E-state index >= 15 is 0 Å². The Hall–Kier alpha value is -2.88. The minimum absolute atomic E-state index is 0. The Bertz CT molecular complexity index is 1030. The van der Waals surface area contributed by atoms with Gasteiger partial charge in [0.2, 0.25) is 5.91 Å². The van der Waals surface area contributed by atoms with Gasteiger partial charge in [-0.1, -0.05) is 36.4 Å². The van der Waals surface area contributed by atoms with Crippen LogP contribution in [-0.2, 0) is 11.3 Å². The summed E-state index contributed by atoms with van der Waals surface area (Å²) in [7, 11) is 0. The van der Waals surface area contributed by atoms with Crippen molar-refractivity contribution in [1.82, 2.24) is 20.4 Å². The maximum atomic E-state index is 12.1. The van der Waals surface area contributed by atoms with E-state index in [0.717, 1.165) is 35.0 Å². The number of carbonyl (C=O) groups is 1. The molecule has 2 heterocycles. The lowest BCUT2D eigenvalue weighted by Gasteiger charge is -2.26. The molecule has 4 rings (SSSR count). The van der Waals surface area contributed by atoms with E-state index in [0.29, 0.717) is 19.5 Å². The second-order valence-corrected chi connectivity index (χ2v) is 7.19. The maximum Gasteiger partial charge on any atom is 0.225 e. The van der Waals surface area contributed by atoms with Gasteiger partial charge in [0.1, 0.15) is 0 Å². The van der Waals surface area contributed by atoms with Crippen LogP contribution in [0, 0.1) is 0 Å². The first kappa shape index (κ1) is 22.8. The molecule has 31 heavy (non-hydrogen) atoms. The van der Waals surface area contributed by atoms with Gasteiger partial charge in [-0.25, -0.2) is 9.67 Å². The molecule has 0 aliphatic carbocycles. The molecule has 2 aromatic carbocycles. The second-order valence-electron chi connectivity index (χ2n) is 7.19. The third kappa shape index (κ3) is 5.63. The Morgan fingerprint density at radius 1 is 1.16 bits per heavy atom. The summed E-state index contributed by atoms with van der Waals surface area (Å²) in [5.41, 5.74) is 4.15. The summed E-state index contributed by atoms with van der Waals surface area (Å²) in [6.07, 6.45) is 4.16. The Labute approximate surface area is 199 Å². The fraction of sp³-hybridized carbons (Fsp3) is 0.261. The van der Waals surface area contributed by atoms with Crippen LogP contribution in [0.1, 0.15) is 30.4 Å². The van der Waals surface area contributed by atoms with Gasteiger partial charge in [0.15, 0.2) is 5.96 Å². The van der Waals surface area contributed by atoms with Crippen molar-refractivity contribution in [2.75, 3.05) is 18.4 Å². The number of anilines is 1. The molecule has 1 aliphatic heterocycles. The highest BCUT2D eigenvalue weighted by molar-refractivity contribution is 14.0. The van der Waals surface area contributed by atoms with Gasteiger partial charge in [-0.15, -0.1) is 24.0 Å². The monoisotopic (exact) mass is 530 g/mol. The lowest BCUT2D eigenvalue weighted by atomic mass is 9.90. The number of nitrogens with zero attached hydrogens (tertiary/aromatic N) is 3. The highest BCUT2D eigenvalue weighted by Crippen LogP contribution is 2.31. The number of rotatable bonds is 6. The molecule has 0 saturated heterocycles. The van der Waals surface area contributed by atoms with Crippen LogP contribution in [0.4, 0.5) is 5.69 Å². The molecule has 7 nitrogen and oxygen atoms in total. The summed E-state index contributed by atoms with van der Waals surface area (Å²) in [6, 6.07) is 18.0. The van der Waals surface area contributed by atoms with Gasteiger partial charge in [-0.05, 0) is 36.2 Å². The van der Waals surface area contributed by atoms with Crippen molar-refractivity contribution in [2.45, 2.75) is 25.8 Å². The summed E-state index contributed by atoms with van der Waals surface area (Å²) < 4.78 is 1.85. The number of halogens is 1. The largest absolute Gasteiger partial charge is 0.357 e. The van der Waals surface area contributed by atoms with Crippen LogP contribution in [0.5, 0.6) is 0 Å². The maximum absolute atomic E-state index is 12.1. The standard InChI is InChI=1S/C23H26N6O.HI/c1-2-24-23(25-15-17-8-3-6-11-21(17)29-13-7-12-27-29)26-16-18-14-22(30)28-20-10-5-4-9-19(18)20;/h3-13,18H,2,14-16H2,1H3,(H,28,30)(H2,24,25,26);1H. The van der Waals surface area contributed by atoms with Crippen molar-refractivity contribution < 1.29 is 4.79 Å². The topological polar surface area (TPSA) is 83.3 Å². The van der Waals surface area contributed by atoms with Gasteiger partial charge in [-0.3, -0.25) is 4.79 Å². The average molecular weight is 530 g/mol. The van der Waals surface area contributed by atoms with Crippen molar-refractivity contribution in [3.05, 3.63) is 78.1 Å².